The van der Waals surface area contributed by atoms with Crippen LogP contribution in [0.4, 0.5) is 19.3 Å². The predicted octanol–water partition coefficient (Wildman–Crippen LogP) is 4.44. The molecule has 0 spiro atoms. The summed E-state index contributed by atoms with van der Waals surface area (Å²) in [7, 11) is 0. The molecular weight excluding hydrogens is 342 g/mol. The van der Waals surface area contributed by atoms with Gasteiger partial charge in [-0.05, 0) is 30.4 Å². The van der Waals surface area contributed by atoms with Crippen LogP contribution in [-0.2, 0) is 4.79 Å². The minimum atomic E-state index is -3.11. The van der Waals surface area contributed by atoms with E-state index in [1.165, 1.54) is 0 Å². The highest BCUT2D eigenvalue weighted by Crippen LogP contribution is 2.48. The lowest BCUT2D eigenvalue weighted by atomic mass is 9.66. The molecule has 1 atom stereocenters. The van der Waals surface area contributed by atoms with E-state index in [4.69, 9.17) is 0 Å². The summed E-state index contributed by atoms with van der Waals surface area (Å²) >= 11 is 0. The Balaban J connectivity index is 2.57. The number of alkyl halides is 2. The lowest BCUT2D eigenvalue weighted by Crippen LogP contribution is -2.70. The van der Waals surface area contributed by atoms with Crippen molar-refractivity contribution in [2.24, 2.45) is 5.41 Å². The van der Waals surface area contributed by atoms with Crippen molar-refractivity contribution in [1.29, 1.82) is 0 Å². The predicted molar refractivity (Wildman–Crippen MR) is 95.6 cm³/mol. The van der Waals surface area contributed by atoms with E-state index < -0.39 is 41.7 Å². The minimum Gasteiger partial charge on any atom is -0.465 e. The van der Waals surface area contributed by atoms with E-state index in [0.29, 0.717) is 5.69 Å². The number of carboxylic acid groups (broad SMARTS) is 1. The van der Waals surface area contributed by atoms with Crippen molar-refractivity contribution in [2.45, 2.75) is 58.9 Å². The number of piperidine rings is 1. The SMILES string of the molecule is Cc1cccc(C)c1NC(=O)C1(C(C)(C)C)CC(F)(F)CCN1C(=O)O. The van der Waals surface area contributed by atoms with Gasteiger partial charge in [0.1, 0.15) is 5.54 Å². The summed E-state index contributed by atoms with van der Waals surface area (Å²) < 4.78 is 28.6. The number of nitrogens with zero attached hydrogens (tertiary/aromatic N) is 1. The molecule has 1 aliphatic rings. The van der Waals surface area contributed by atoms with Crippen molar-refractivity contribution in [2.75, 3.05) is 11.9 Å². The maximum atomic E-state index is 14.3. The Labute approximate surface area is 152 Å². The van der Waals surface area contributed by atoms with E-state index in [1.54, 1.807) is 46.8 Å². The fraction of sp³-hybridized carbons (Fsp3) is 0.579. The van der Waals surface area contributed by atoms with Crippen LogP contribution in [0.1, 0.15) is 44.7 Å². The number of halogens is 2. The molecule has 26 heavy (non-hydrogen) atoms. The molecule has 1 aromatic rings. The monoisotopic (exact) mass is 368 g/mol. The Morgan fingerprint density at radius 2 is 1.73 bits per heavy atom. The number of benzene rings is 1. The molecule has 0 radical (unpaired) electrons. The zero-order chi connectivity index (χ0) is 19.9. The highest BCUT2D eigenvalue weighted by atomic mass is 19.3. The quantitative estimate of drug-likeness (QED) is 0.811. The van der Waals surface area contributed by atoms with Gasteiger partial charge in [0.15, 0.2) is 0 Å². The highest BCUT2D eigenvalue weighted by molar-refractivity contribution is 6.01. The Morgan fingerprint density at radius 1 is 1.19 bits per heavy atom. The number of aryl methyl sites for hydroxylation is 2. The maximum Gasteiger partial charge on any atom is 0.408 e. The Bertz CT molecular complexity index is 708. The summed E-state index contributed by atoms with van der Waals surface area (Å²) in [6, 6.07) is 5.44. The molecule has 1 aromatic carbocycles. The molecule has 1 aliphatic heterocycles. The molecule has 0 aromatic heterocycles. The van der Waals surface area contributed by atoms with E-state index in [2.05, 4.69) is 5.32 Å². The van der Waals surface area contributed by atoms with Crippen molar-refractivity contribution < 1.29 is 23.5 Å². The molecule has 0 saturated carbocycles. The lowest BCUT2D eigenvalue weighted by molar-refractivity contribution is -0.161. The van der Waals surface area contributed by atoms with E-state index >= 15 is 0 Å². The van der Waals surface area contributed by atoms with Gasteiger partial charge in [-0.2, -0.15) is 0 Å². The van der Waals surface area contributed by atoms with Crippen LogP contribution in [0.15, 0.2) is 18.2 Å². The normalized spacial score (nSPS) is 22.8. The molecule has 0 bridgehead atoms. The molecule has 2 N–H and O–H groups in total. The molecule has 1 heterocycles. The van der Waals surface area contributed by atoms with Crippen molar-refractivity contribution in [3.05, 3.63) is 29.3 Å². The van der Waals surface area contributed by atoms with Gasteiger partial charge in [0.05, 0.1) is 0 Å². The lowest BCUT2D eigenvalue weighted by Gasteiger charge is -2.53. The van der Waals surface area contributed by atoms with Crippen LogP contribution in [0.5, 0.6) is 0 Å². The van der Waals surface area contributed by atoms with Gasteiger partial charge in [-0.25, -0.2) is 13.6 Å². The molecule has 5 nitrogen and oxygen atoms in total. The number of likely N-dealkylation sites (tertiary alicyclic amines) is 1. The van der Waals surface area contributed by atoms with Crippen molar-refractivity contribution in [1.82, 2.24) is 4.90 Å². The van der Waals surface area contributed by atoms with Crippen LogP contribution >= 0.6 is 0 Å². The van der Waals surface area contributed by atoms with Crippen molar-refractivity contribution in [3.8, 4) is 0 Å². The van der Waals surface area contributed by atoms with Gasteiger partial charge < -0.3 is 10.4 Å². The second-order valence-corrected chi connectivity index (χ2v) is 8.05. The number of anilines is 1. The number of para-hydroxylation sites is 1. The molecule has 144 valence electrons. The maximum absolute atomic E-state index is 14.3. The fourth-order valence-electron chi connectivity index (χ4n) is 3.73. The van der Waals surface area contributed by atoms with E-state index in [-0.39, 0.29) is 6.54 Å². The van der Waals surface area contributed by atoms with Gasteiger partial charge in [0, 0.05) is 25.1 Å². The molecule has 1 saturated heterocycles. The average Bonchev–Trinajstić information content (AvgIpc) is 2.48. The molecule has 7 heteroatoms. The van der Waals surface area contributed by atoms with Gasteiger partial charge in [-0.1, -0.05) is 39.0 Å². The summed E-state index contributed by atoms with van der Waals surface area (Å²) in [5.41, 5.74) is -0.815. The molecule has 2 rings (SSSR count). The third-order valence-electron chi connectivity index (χ3n) is 5.24. The minimum absolute atomic E-state index is 0.389. The average molecular weight is 368 g/mol. The molecule has 1 fully saturated rings. The van der Waals surface area contributed by atoms with Gasteiger partial charge in [0.25, 0.3) is 11.8 Å². The number of carbonyl (C=O) groups is 2. The van der Waals surface area contributed by atoms with Crippen molar-refractivity contribution in [3.63, 3.8) is 0 Å². The van der Waals surface area contributed by atoms with Crippen LogP contribution in [0, 0.1) is 19.3 Å². The first-order valence-electron chi connectivity index (χ1n) is 8.58. The second-order valence-electron chi connectivity index (χ2n) is 8.05. The number of hydrogen-bond donors (Lipinski definition) is 2. The number of rotatable bonds is 2. The largest absolute Gasteiger partial charge is 0.465 e. The number of amides is 2. The third kappa shape index (κ3) is 3.39. The summed E-state index contributed by atoms with van der Waals surface area (Å²) in [6.45, 7) is 8.07. The molecule has 1 unspecified atom stereocenters. The molecule has 2 amide bonds. The Morgan fingerprint density at radius 3 is 2.19 bits per heavy atom. The fourth-order valence-corrected chi connectivity index (χ4v) is 3.73. The zero-order valence-corrected chi connectivity index (χ0v) is 15.8. The topological polar surface area (TPSA) is 69.6 Å². The van der Waals surface area contributed by atoms with Crippen molar-refractivity contribution >= 4 is 17.7 Å². The summed E-state index contributed by atoms with van der Waals surface area (Å²) in [5.74, 6) is -3.83. The Kier molecular flexibility index (Phi) is 5.05. The van der Waals surface area contributed by atoms with Crippen LogP contribution in [0.25, 0.3) is 0 Å². The first-order chi connectivity index (χ1) is 11.8. The van der Waals surface area contributed by atoms with Gasteiger partial charge in [-0.15, -0.1) is 0 Å². The van der Waals surface area contributed by atoms with E-state index in [0.717, 1.165) is 16.0 Å². The van der Waals surface area contributed by atoms with E-state index in [1.807, 2.05) is 6.07 Å². The standard InChI is InChI=1S/C19H26F2N2O3/c1-12-7-6-8-13(2)14(12)22-15(24)19(17(3,4)5)11-18(20,21)9-10-23(19)16(25)26/h6-8H,9-11H2,1-5H3,(H,22,24)(H,25,26). The first kappa shape index (κ1) is 20.1. The van der Waals surface area contributed by atoms with Crippen LogP contribution in [0.3, 0.4) is 0 Å². The van der Waals surface area contributed by atoms with Gasteiger partial charge >= 0.3 is 6.09 Å². The second kappa shape index (κ2) is 6.52. The zero-order valence-electron chi connectivity index (χ0n) is 15.8. The molecular formula is C19H26F2N2O3. The van der Waals surface area contributed by atoms with Gasteiger partial charge in [0.2, 0.25) is 0 Å². The summed E-state index contributed by atoms with van der Waals surface area (Å²) in [4.78, 5) is 26.0. The van der Waals surface area contributed by atoms with Gasteiger partial charge in [-0.3, -0.25) is 9.69 Å². The highest BCUT2D eigenvalue weighted by Gasteiger charge is 2.62. The van der Waals surface area contributed by atoms with Crippen LogP contribution < -0.4 is 5.32 Å². The van der Waals surface area contributed by atoms with Crippen LogP contribution in [-0.4, -0.2) is 40.0 Å². The number of carbonyl (C=O) groups excluding carboxylic acids is 1. The summed E-state index contributed by atoms with van der Waals surface area (Å²) in [5, 5.41) is 12.4. The number of hydrogen-bond acceptors (Lipinski definition) is 2. The third-order valence-corrected chi connectivity index (χ3v) is 5.24. The smallest absolute Gasteiger partial charge is 0.408 e. The first-order valence-corrected chi connectivity index (χ1v) is 8.58. The molecule has 0 aliphatic carbocycles. The van der Waals surface area contributed by atoms with Crippen LogP contribution in [0.2, 0.25) is 0 Å². The number of nitrogens with one attached hydrogen (secondary N) is 1. The summed E-state index contributed by atoms with van der Waals surface area (Å²) in [6.07, 6.45) is -2.80. The Hall–Kier alpha value is -2.18. The van der Waals surface area contributed by atoms with E-state index in [9.17, 15) is 23.5 Å².